The third kappa shape index (κ3) is 3.22. The summed E-state index contributed by atoms with van der Waals surface area (Å²) in [5, 5.41) is 9.40. The maximum Gasteiger partial charge on any atom is 0.337 e. The van der Waals surface area contributed by atoms with Crippen molar-refractivity contribution in [2.75, 3.05) is 18.8 Å². The van der Waals surface area contributed by atoms with Crippen molar-refractivity contribution in [3.05, 3.63) is 23.9 Å². The summed E-state index contributed by atoms with van der Waals surface area (Å²) < 4.78 is 0. The highest BCUT2D eigenvalue weighted by atomic mass is 32.2. The van der Waals surface area contributed by atoms with Crippen molar-refractivity contribution in [2.24, 2.45) is 0 Å². The second kappa shape index (κ2) is 5.86. The number of carboxylic acids is 1. The average Bonchev–Trinajstić information content (AvgIpc) is 2.90. The Morgan fingerprint density at radius 3 is 2.61 bits per heavy atom. The molecule has 2 rings (SSSR count). The molecule has 1 saturated heterocycles. The van der Waals surface area contributed by atoms with Gasteiger partial charge in [0, 0.05) is 19.3 Å². The summed E-state index contributed by atoms with van der Waals surface area (Å²) in [6.45, 7) is 1.70. The second-order valence-corrected chi connectivity index (χ2v) is 5.06. The third-order valence-electron chi connectivity index (χ3n) is 2.79. The maximum atomic E-state index is 11.8. The zero-order valence-electron chi connectivity index (χ0n) is 9.83. The van der Waals surface area contributed by atoms with Gasteiger partial charge in [-0.1, -0.05) is 11.8 Å². The molecule has 96 valence electrons. The van der Waals surface area contributed by atoms with Gasteiger partial charge in [-0.3, -0.25) is 4.79 Å². The van der Waals surface area contributed by atoms with E-state index in [0.29, 0.717) is 10.8 Å². The van der Waals surface area contributed by atoms with E-state index in [1.54, 1.807) is 6.07 Å². The van der Waals surface area contributed by atoms with Gasteiger partial charge in [0.1, 0.15) is 0 Å². The number of hydrogen-bond donors (Lipinski definition) is 1. The number of pyridine rings is 1. The number of thioether (sulfide) groups is 1. The molecule has 1 amide bonds. The first-order valence-electron chi connectivity index (χ1n) is 5.77. The molecule has 0 radical (unpaired) electrons. The summed E-state index contributed by atoms with van der Waals surface area (Å²) in [5.41, 5.74) is 0.158. The number of nitrogens with zero attached hydrogens (tertiary/aromatic N) is 2. The lowest BCUT2D eigenvalue weighted by Gasteiger charge is -2.14. The Hall–Kier alpha value is -1.56. The van der Waals surface area contributed by atoms with Crippen LogP contribution < -0.4 is 0 Å². The normalized spacial score (nSPS) is 14.8. The molecule has 0 atom stereocenters. The molecule has 1 fully saturated rings. The van der Waals surface area contributed by atoms with Gasteiger partial charge in [0.25, 0.3) is 0 Å². The van der Waals surface area contributed by atoms with Crippen molar-refractivity contribution >= 4 is 23.6 Å². The number of carbonyl (C=O) groups excluding carboxylic acids is 1. The fourth-order valence-corrected chi connectivity index (χ4v) is 2.53. The number of carboxylic acid groups (broad SMARTS) is 1. The molecule has 1 aromatic rings. The van der Waals surface area contributed by atoms with E-state index in [0.717, 1.165) is 25.9 Å². The van der Waals surface area contributed by atoms with Crippen LogP contribution in [-0.2, 0) is 4.79 Å². The van der Waals surface area contributed by atoms with Gasteiger partial charge in [0.2, 0.25) is 5.91 Å². The van der Waals surface area contributed by atoms with Gasteiger partial charge >= 0.3 is 5.97 Å². The third-order valence-corrected chi connectivity index (χ3v) is 3.71. The largest absolute Gasteiger partial charge is 0.478 e. The summed E-state index contributed by atoms with van der Waals surface area (Å²) in [5.74, 6) is -0.506. The number of carbonyl (C=O) groups is 2. The van der Waals surface area contributed by atoms with Crippen LogP contribution >= 0.6 is 11.8 Å². The molecule has 2 heterocycles. The van der Waals surface area contributed by atoms with E-state index in [-0.39, 0.29) is 11.5 Å². The predicted octanol–water partition coefficient (Wildman–Crippen LogP) is 1.49. The van der Waals surface area contributed by atoms with Crippen molar-refractivity contribution < 1.29 is 14.7 Å². The quantitative estimate of drug-likeness (QED) is 0.836. The number of aromatic nitrogens is 1. The topological polar surface area (TPSA) is 70.5 Å². The average molecular weight is 266 g/mol. The summed E-state index contributed by atoms with van der Waals surface area (Å²) in [6, 6.07) is 3.13. The van der Waals surface area contributed by atoms with Crippen LogP contribution in [0.4, 0.5) is 0 Å². The summed E-state index contributed by atoms with van der Waals surface area (Å²) in [7, 11) is 0. The fourth-order valence-electron chi connectivity index (χ4n) is 1.79. The number of likely N-dealkylation sites (tertiary alicyclic amines) is 1. The van der Waals surface area contributed by atoms with Crippen molar-refractivity contribution in [3.63, 3.8) is 0 Å². The van der Waals surface area contributed by atoms with Gasteiger partial charge in [-0.25, -0.2) is 9.78 Å². The van der Waals surface area contributed by atoms with Crippen LogP contribution in [0.25, 0.3) is 0 Å². The van der Waals surface area contributed by atoms with Crippen LogP contribution in [0.3, 0.4) is 0 Å². The molecule has 0 aromatic carbocycles. The highest BCUT2D eigenvalue weighted by Crippen LogP contribution is 2.17. The minimum Gasteiger partial charge on any atom is -0.478 e. The molecule has 1 aliphatic heterocycles. The lowest BCUT2D eigenvalue weighted by molar-refractivity contribution is -0.127. The van der Waals surface area contributed by atoms with Crippen LogP contribution in [0.5, 0.6) is 0 Å². The molecule has 0 unspecified atom stereocenters. The maximum absolute atomic E-state index is 11.8. The van der Waals surface area contributed by atoms with Gasteiger partial charge in [-0.2, -0.15) is 0 Å². The Bertz CT molecular complexity index is 441. The van der Waals surface area contributed by atoms with E-state index in [9.17, 15) is 9.59 Å². The Kier molecular flexibility index (Phi) is 4.19. The van der Waals surface area contributed by atoms with E-state index in [1.165, 1.54) is 24.0 Å². The van der Waals surface area contributed by atoms with Crippen LogP contribution in [-0.4, -0.2) is 45.7 Å². The molecular weight excluding hydrogens is 252 g/mol. The van der Waals surface area contributed by atoms with Crippen LogP contribution in [0.1, 0.15) is 23.2 Å². The summed E-state index contributed by atoms with van der Waals surface area (Å²) in [4.78, 5) is 28.3. The Morgan fingerprint density at radius 1 is 1.33 bits per heavy atom. The molecule has 1 aromatic heterocycles. The number of amides is 1. The lowest BCUT2D eigenvalue weighted by Crippen LogP contribution is -2.29. The molecule has 0 spiro atoms. The van der Waals surface area contributed by atoms with Crippen LogP contribution in [0.15, 0.2) is 23.4 Å². The molecule has 1 N–H and O–H groups in total. The zero-order chi connectivity index (χ0) is 13.0. The molecule has 1 aliphatic rings. The SMILES string of the molecule is O=C(O)c1ccc(SCC(=O)N2CCCC2)nc1. The molecule has 5 nitrogen and oxygen atoms in total. The van der Waals surface area contributed by atoms with E-state index in [4.69, 9.17) is 5.11 Å². The van der Waals surface area contributed by atoms with E-state index in [2.05, 4.69) is 4.98 Å². The van der Waals surface area contributed by atoms with Gasteiger partial charge < -0.3 is 10.0 Å². The second-order valence-electron chi connectivity index (χ2n) is 4.07. The Labute approximate surface area is 109 Å². The van der Waals surface area contributed by atoms with E-state index >= 15 is 0 Å². The van der Waals surface area contributed by atoms with Crippen molar-refractivity contribution in [3.8, 4) is 0 Å². The Balaban J connectivity index is 1.86. The van der Waals surface area contributed by atoms with Crippen molar-refractivity contribution in [2.45, 2.75) is 17.9 Å². The van der Waals surface area contributed by atoms with Gasteiger partial charge in [-0.05, 0) is 25.0 Å². The first-order valence-corrected chi connectivity index (χ1v) is 6.75. The monoisotopic (exact) mass is 266 g/mol. The smallest absolute Gasteiger partial charge is 0.337 e. The van der Waals surface area contributed by atoms with Crippen molar-refractivity contribution in [1.82, 2.24) is 9.88 Å². The number of hydrogen-bond acceptors (Lipinski definition) is 4. The molecule has 6 heteroatoms. The molecule has 0 bridgehead atoms. The first kappa shape index (κ1) is 12.9. The lowest BCUT2D eigenvalue weighted by atomic mass is 10.3. The minimum atomic E-state index is -0.993. The zero-order valence-corrected chi connectivity index (χ0v) is 10.7. The highest BCUT2D eigenvalue weighted by Gasteiger charge is 2.17. The van der Waals surface area contributed by atoms with Gasteiger partial charge in [0.15, 0.2) is 0 Å². The molecule has 18 heavy (non-hydrogen) atoms. The fraction of sp³-hybridized carbons (Fsp3) is 0.417. The minimum absolute atomic E-state index is 0.126. The number of rotatable bonds is 4. The van der Waals surface area contributed by atoms with Crippen molar-refractivity contribution in [1.29, 1.82) is 0 Å². The van der Waals surface area contributed by atoms with Gasteiger partial charge in [0.05, 0.1) is 16.3 Å². The van der Waals surface area contributed by atoms with E-state index in [1.807, 2.05) is 4.90 Å². The van der Waals surface area contributed by atoms with Crippen LogP contribution in [0, 0.1) is 0 Å². The molecular formula is C12H14N2O3S. The summed E-state index contributed by atoms with van der Waals surface area (Å²) >= 11 is 1.34. The number of aromatic carboxylic acids is 1. The van der Waals surface area contributed by atoms with E-state index < -0.39 is 5.97 Å². The highest BCUT2D eigenvalue weighted by molar-refractivity contribution is 7.99. The Morgan fingerprint density at radius 2 is 2.06 bits per heavy atom. The molecule has 0 saturated carbocycles. The van der Waals surface area contributed by atoms with Gasteiger partial charge in [-0.15, -0.1) is 0 Å². The summed E-state index contributed by atoms with van der Waals surface area (Å²) in [6.07, 6.45) is 3.48. The standard InChI is InChI=1S/C12H14N2O3S/c15-11(14-5-1-2-6-14)8-18-10-4-3-9(7-13-10)12(16)17/h3-4,7H,1-2,5-6,8H2,(H,16,17). The molecule has 0 aliphatic carbocycles. The van der Waals surface area contributed by atoms with Crippen LogP contribution in [0.2, 0.25) is 0 Å². The predicted molar refractivity (Wildman–Crippen MR) is 67.7 cm³/mol. The first-order chi connectivity index (χ1) is 8.66.